The predicted octanol–water partition coefficient (Wildman–Crippen LogP) is 0.812. The van der Waals surface area contributed by atoms with Gasteiger partial charge in [0.25, 0.3) is 0 Å². The van der Waals surface area contributed by atoms with Crippen molar-refractivity contribution in [3.8, 4) is 0 Å². The summed E-state index contributed by atoms with van der Waals surface area (Å²) in [6.45, 7) is 3.17. The number of H-pyrrole nitrogens is 1. The summed E-state index contributed by atoms with van der Waals surface area (Å²) in [6, 6.07) is 0.959. The number of aliphatic hydroxyl groups excluding tert-OH is 1. The molecule has 0 radical (unpaired) electrons. The molecule has 13 heavy (non-hydrogen) atoms. The van der Waals surface area contributed by atoms with Crippen LogP contribution in [-0.4, -0.2) is 15.0 Å². The summed E-state index contributed by atoms with van der Waals surface area (Å²) in [6.07, 6.45) is 1.15. The van der Waals surface area contributed by atoms with Gasteiger partial charge < -0.3 is 10.1 Å². The molecule has 1 aromatic heterocycles. The Morgan fingerprint density at radius 2 is 2.31 bits per heavy atom. The van der Waals surface area contributed by atoms with Crippen LogP contribution < -0.4 is 5.56 Å². The van der Waals surface area contributed by atoms with Crippen LogP contribution >= 0.6 is 0 Å². The number of aliphatic hydroxyl groups is 1. The molecule has 68 valence electrons. The number of hydrogen-bond acceptors (Lipinski definition) is 4. The first kappa shape index (κ1) is 8.98. The molecule has 1 aromatic rings. The van der Waals surface area contributed by atoms with Crippen molar-refractivity contribution < 1.29 is 10.0 Å². The minimum atomic E-state index is -0.828. The Morgan fingerprint density at radius 3 is 2.77 bits per heavy atom. The lowest BCUT2D eigenvalue weighted by Gasteiger charge is -1.96. The fourth-order valence-electron chi connectivity index (χ4n) is 0.774. The zero-order valence-corrected chi connectivity index (χ0v) is 6.48. The first-order valence-corrected chi connectivity index (χ1v) is 3.27. The van der Waals surface area contributed by atoms with Crippen molar-refractivity contribution in [1.82, 2.24) is 4.98 Å². The van der Waals surface area contributed by atoms with Gasteiger partial charge in [0.2, 0.25) is 0 Å². The zero-order valence-electron chi connectivity index (χ0n) is 6.48. The Hall–Kier alpha value is -2.11. The number of hydrogen-bond donors (Lipinski definition) is 2. The van der Waals surface area contributed by atoms with Crippen LogP contribution in [0.5, 0.6) is 0 Å². The van der Waals surface area contributed by atoms with E-state index >= 15 is 0 Å². The maximum atomic E-state index is 10.8. The van der Waals surface area contributed by atoms with Gasteiger partial charge in [-0.3, -0.25) is 14.9 Å². The molecule has 0 saturated heterocycles. The number of nitro groups is 1. The highest BCUT2D eigenvalue weighted by atomic mass is 16.6. The summed E-state index contributed by atoms with van der Waals surface area (Å²) in [5.74, 6) is -0.334. The average Bonchev–Trinajstić information content (AvgIpc) is 2.04. The lowest BCUT2D eigenvalue weighted by atomic mass is 10.2. The fraction of sp³-hybridized carbons (Fsp3) is 0. The molecule has 0 fully saturated rings. The van der Waals surface area contributed by atoms with Crippen LogP contribution in [0.25, 0.3) is 5.76 Å². The highest BCUT2D eigenvalue weighted by Crippen LogP contribution is 2.11. The van der Waals surface area contributed by atoms with E-state index in [-0.39, 0.29) is 11.3 Å². The Labute approximate surface area is 72.3 Å². The standard InChI is InChI=1S/C7H6N2O4/c1-4(10)5-2-6(9(12)13)7(11)8-3-5/h2-3,10H,1H2,(H,8,11). The van der Waals surface area contributed by atoms with Crippen LogP contribution in [0.2, 0.25) is 0 Å². The highest BCUT2D eigenvalue weighted by Gasteiger charge is 2.13. The second kappa shape index (κ2) is 3.10. The van der Waals surface area contributed by atoms with Crippen molar-refractivity contribution in [3.63, 3.8) is 0 Å². The van der Waals surface area contributed by atoms with Crippen molar-refractivity contribution in [1.29, 1.82) is 0 Å². The third-order valence-electron chi connectivity index (χ3n) is 1.41. The van der Waals surface area contributed by atoms with Gasteiger partial charge in [0.1, 0.15) is 5.76 Å². The van der Waals surface area contributed by atoms with E-state index in [1.165, 1.54) is 0 Å². The SMILES string of the molecule is C=C(O)c1c[nH]c(=O)c([N+](=O)[O-])c1. The Kier molecular flexibility index (Phi) is 2.14. The summed E-state index contributed by atoms with van der Waals surface area (Å²) in [5, 5.41) is 19.2. The molecule has 1 heterocycles. The van der Waals surface area contributed by atoms with Gasteiger partial charge >= 0.3 is 11.2 Å². The van der Waals surface area contributed by atoms with E-state index < -0.39 is 16.2 Å². The fourth-order valence-corrected chi connectivity index (χ4v) is 0.774. The largest absolute Gasteiger partial charge is 0.508 e. The summed E-state index contributed by atoms with van der Waals surface area (Å²) in [7, 11) is 0. The monoisotopic (exact) mass is 182 g/mol. The number of aromatic nitrogens is 1. The van der Waals surface area contributed by atoms with E-state index in [1.54, 1.807) is 0 Å². The van der Waals surface area contributed by atoms with Gasteiger partial charge in [-0.2, -0.15) is 0 Å². The number of nitrogens with one attached hydrogen (secondary N) is 1. The molecule has 0 unspecified atom stereocenters. The van der Waals surface area contributed by atoms with E-state index in [9.17, 15) is 14.9 Å². The van der Waals surface area contributed by atoms with Gasteiger partial charge in [0.15, 0.2) is 0 Å². The predicted molar refractivity (Wildman–Crippen MR) is 45.4 cm³/mol. The van der Waals surface area contributed by atoms with Crippen LogP contribution in [-0.2, 0) is 0 Å². The number of rotatable bonds is 2. The van der Waals surface area contributed by atoms with Crippen molar-refractivity contribution in [2.75, 3.05) is 0 Å². The molecule has 0 aliphatic heterocycles. The van der Waals surface area contributed by atoms with Crippen LogP contribution in [0.4, 0.5) is 5.69 Å². The smallest absolute Gasteiger partial charge is 0.334 e. The molecule has 0 saturated carbocycles. The van der Waals surface area contributed by atoms with Gasteiger partial charge in [0.05, 0.1) is 4.92 Å². The normalized spacial score (nSPS) is 9.54. The molecular weight excluding hydrogens is 176 g/mol. The van der Waals surface area contributed by atoms with Crippen LogP contribution in [0, 0.1) is 10.1 Å². The average molecular weight is 182 g/mol. The lowest BCUT2D eigenvalue weighted by molar-refractivity contribution is -0.386. The first-order valence-electron chi connectivity index (χ1n) is 3.27. The number of aromatic amines is 1. The first-order chi connectivity index (χ1) is 6.02. The number of nitrogens with zero attached hydrogens (tertiary/aromatic N) is 1. The quantitative estimate of drug-likeness (QED) is 0.401. The van der Waals surface area contributed by atoms with Crippen LogP contribution in [0.1, 0.15) is 5.56 Å². The van der Waals surface area contributed by atoms with Gasteiger partial charge in [-0.15, -0.1) is 0 Å². The van der Waals surface area contributed by atoms with E-state index in [4.69, 9.17) is 5.11 Å². The van der Waals surface area contributed by atoms with Crippen LogP contribution in [0.15, 0.2) is 23.6 Å². The molecule has 0 bridgehead atoms. The van der Waals surface area contributed by atoms with Gasteiger partial charge in [-0.25, -0.2) is 0 Å². The molecule has 0 aromatic carbocycles. The topological polar surface area (TPSA) is 96.2 Å². The Morgan fingerprint density at radius 1 is 1.69 bits per heavy atom. The third kappa shape index (κ3) is 1.73. The van der Waals surface area contributed by atoms with E-state index in [0.29, 0.717) is 0 Å². The van der Waals surface area contributed by atoms with Crippen molar-refractivity contribution >= 4 is 11.4 Å². The second-order valence-electron chi connectivity index (χ2n) is 2.31. The highest BCUT2D eigenvalue weighted by molar-refractivity contribution is 5.57. The van der Waals surface area contributed by atoms with Gasteiger partial charge in [-0.05, 0) is 0 Å². The summed E-state index contributed by atoms with van der Waals surface area (Å²) in [5.41, 5.74) is -1.31. The van der Waals surface area contributed by atoms with Crippen molar-refractivity contribution in [3.05, 3.63) is 44.9 Å². The molecule has 6 heteroatoms. The second-order valence-corrected chi connectivity index (χ2v) is 2.31. The Bertz CT molecular complexity index is 421. The number of pyridine rings is 1. The van der Waals surface area contributed by atoms with E-state index in [1.807, 2.05) is 0 Å². The maximum Gasteiger partial charge on any atom is 0.334 e. The van der Waals surface area contributed by atoms with E-state index in [0.717, 1.165) is 12.3 Å². The van der Waals surface area contributed by atoms with E-state index in [2.05, 4.69) is 11.6 Å². The van der Waals surface area contributed by atoms with Gasteiger partial charge in [-0.1, -0.05) is 6.58 Å². The van der Waals surface area contributed by atoms with Crippen molar-refractivity contribution in [2.45, 2.75) is 0 Å². The molecule has 2 N–H and O–H groups in total. The molecule has 0 atom stereocenters. The molecule has 0 aliphatic rings. The molecule has 0 spiro atoms. The van der Waals surface area contributed by atoms with Crippen molar-refractivity contribution in [2.24, 2.45) is 0 Å². The molecule has 6 nitrogen and oxygen atoms in total. The molecule has 0 amide bonds. The summed E-state index contributed by atoms with van der Waals surface area (Å²) >= 11 is 0. The molecule has 1 rings (SSSR count). The summed E-state index contributed by atoms with van der Waals surface area (Å²) in [4.78, 5) is 22.4. The lowest BCUT2D eigenvalue weighted by Crippen LogP contribution is -2.11. The molecular formula is C7H6N2O4. The summed E-state index contributed by atoms with van der Waals surface area (Å²) < 4.78 is 0. The maximum absolute atomic E-state index is 10.8. The minimum Gasteiger partial charge on any atom is -0.508 e. The van der Waals surface area contributed by atoms with Gasteiger partial charge in [0, 0.05) is 17.8 Å². The Balaban J connectivity index is 3.35. The zero-order chi connectivity index (χ0) is 10.0. The third-order valence-corrected chi connectivity index (χ3v) is 1.41. The van der Waals surface area contributed by atoms with Crippen LogP contribution in [0.3, 0.4) is 0 Å². The molecule has 0 aliphatic carbocycles. The minimum absolute atomic E-state index is 0.117.